The molecule has 0 aromatic heterocycles. The zero-order chi connectivity index (χ0) is 19.4. The van der Waals surface area contributed by atoms with Crippen LogP contribution in [0.15, 0.2) is 29.2 Å². The summed E-state index contributed by atoms with van der Waals surface area (Å²) >= 11 is 1.24. The third kappa shape index (κ3) is 4.10. The summed E-state index contributed by atoms with van der Waals surface area (Å²) in [5.74, 6) is -0.875. The maximum absolute atomic E-state index is 13.5. The van der Waals surface area contributed by atoms with Gasteiger partial charge in [0.15, 0.2) is 0 Å². The van der Waals surface area contributed by atoms with Crippen molar-refractivity contribution in [1.29, 1.82) is 0 Å². The maximum Gasteiger partial charge on any atom is 0.326 e. The Balaban J connectivity index is 1.48. The van der Waals surface area contributed by atoms with Crippen LogP contribution in [0.25, 0.3) is 0 Å². The summed E-state index contributed by atoms with van der Waals surface area (Å²) in [5, 5.41) is 2.80. The van der Waals surface area contributed by atoms with Crippen LogP contribution in [0.3, 0.4) is 0 Å². The third-order valence-corrected chi connectivity index (χ3v) is 6.24. The van der Waals surface area contributed by atoms with Crippen molar-refractivity contribution in [3.8, 4) is 0 Å². The molecule has 0 bridgehead atoms. The molecule has 0 unspecified atom stereocenters. The molecule has 146 valence electrons. The van der Waals surface area contributed by atoms with Crippen LogP contribution in [-0.2, 0) is 14.3 Å². The van der Waals surface area contributed by atoms with E-state index in [9.17, 15) is 18.8 Å². The number of benzene rings is 1. The standard InChI is InChI=1S/C19H23FN2O4S/c1-13-6-4-5-9-19(13)17(24)22(18(25)21-19)12-16(23)26-10-11-27-15-8-3-2-7-14(15)20/h2-3,7-8,13H,4-6,9-12H2,1H3,(H,21,25)/t13-,19+/m0/s1. The van der Waals surface area contributed by atoms with E-state index in [1.54, 1.807) is 18.2 Å². The number of thioether (sulfide) groups is 1. The van der Waals surface area contributed by atoms with Gasteiger partial charge in [0.2, 0.25) is 0 Å². The van der Waals surface area contributed by atoms with E-state index < -0.39 is 24.1 Å². The van der Waals surface area contributed by atoms with Crippen LogP contribution >= 0.6 is 11.8 Å². The Morgan fingerprint density at radius 1 is 1.37 bits per heavy atom. The number of rotatable bonds is 6. The van der Waals surface area contributed by atoms with Crippen molar-refractivity contribution in [1.82, 2.24) is 10.2 Å². The highest BCUT2D eigenvalue weighted by atomic mass is 32.2. The van der Waals surface area contributed by atoms with Crippen LogP contribution in [0.4, 0.5) is 9.18 Å². The van der Waals surface area contributed by atoms with E-state index in [1.807, 2.05) is 6.92 Å². The van der Waals surface area contributed by atoms with Crippen LogP contribution < -0.4 is 5.32 Å². The van der Waals surface area contributed by atoms with Crippen LogP contribution in [0.2, 0.25) is 0 Å². The average Bonchev–Trinajstić information content (AvgIpc) is 2.88. The van der Waals surface area contributed by atoms with E-state index >= 15 is 0 Å². The van der Waals surface area contributed by atoms with Crippen molar-refractivity contribution in [3.05, 3.63) is 30.1 Å². The van der Waals surface area contributed by atoms with Crippen molar-refractivity contribution in [2.24, 2.45) is 5.92 Å². The van der Waals surface area contributed by atoms with Crippen LogP contribution in [0.1, 0.15) is 32.6 Å². The fourth-order valence-corrected chi connectivity index (χ4v) is 4.45. The Morgan fingerprint density at radius 3 is 2.89 bits per heavy atom. The lowest BCUT2D eigenvalue weighted by molar-refractivity contribution is -0.148. The van der Waals surface area contributed by atoms with Gasteiger partial charge in [-0.05, 0) is 30.9 Å². The summed E-state index contributed by atoms with van der Waals surface area (Å²) < 4.78 is 18.6. The molecule has 1 spiro atoms. The van der Waals surface area contributed by atoms with Gasteiger partial charge in [-0.15, -0.1) is 11.8 Å². The lowest BCUT2D eigenvalue weighted by atomic mass is 9.73. The monoisotopic (exact) mass is 394 g/mol. The molecular weight excluding hydrogens is 371 g/mol. The molecule has 1 aromatic rings. The van der Waals surface area contributed by atoms with Crippen molar-refractivity contribution in [2.75, 3.05) is 18.9 Å². The molecule has 1 aliphatic heterocycles. The van der Waals surface area contributed by atoms with Gasteiger partial charge in [-0.1, -0.05) is 31.9 Å². The van der Waals surface area contributed by atoms with Crippen LogP contribution in [0, 0.1) is 11.7 Å². The smallest absolute Gasteiger partial charge is 0.326 e. The Labute approximate surface area is 161 Å². The lowest BCUT2D eigenvalue weighted by Crippen LogP contribution is -2.54. The molecule has 8 heteroatoms. The summed E-state index contributed by atoms with van der Waals surface area (Å²) in [6.07, 6.45) is 3.39. The molecule has 1 saturated carbocycles. The Morgan fingerprint density at radius 2 is 2.15 bits per heavy atom. The van der Waals surface area contributed by atoms with Crippen LogP contribution in [0.5, 0.6) is 0 Å². The van der Waals surface area contributed by atoms with E-state index in [0.29, 0.717) is 17.1 Å². The molecule has 1 heterocycles. The van der Waals surface area contributed by atoms with Crippen molar-refractivity contribution >= 4 is 29.7 Å². The molecule has 3 rings (SSSR count). The number of urea groups is 1. The number of hydrogen-bond donors (Lipinski definition) is 1. The van der Waals surface area contributed by atoms with Crippen LogP contribution in [-0.4, -0.2) is 47.3 Å². The van der Waals surface area contributed by atoms with Gasteiger partial charge in [-0.3, -0.25) is 14.5 Å². The van der Waals surface area contributed by atoms with Gasteiger partial charge < -0.3 is 10.1 Å². The molecule has 2 aliphatic rings. The van der Waals surface area contributed by atoms with E-state index in [1.165, 1.54) is 17.8 Å². The molecular formula is C19H23FN2O4S. The SMILES string of the molecule is C[C@H]1CCCC[C@@]12NC(=O)N(CC(=O)OCCSc1ccccc1F)C2=O. The molecule has 2 atom stereocenters. The minimum Gasteiger partial charge on any atom is -0.463 e. The highest BCUT2D eigenvalue weighted by Crippen LogP contribution is 2.38. The number of carbonyl (C=O) groups excluding carboxylic acids is 3. The second kappa shape index (κ2) is 8.29. The second-order valence-corrected chi connectivity index (χ2v) is 8.08. The van der Waals surface area contributed by atoms with Gasteiger partial charge in [0.25, 0.3) is 5.91 Å². The second-order valence-electron chi connectivity index (χ2n) is 6.94. The fourth-order valence-electron chi connectivity index (χ4n) is 3.68. The maximum atomic E-state index is 13.5. The first kappa shape index (κ1) is 19.7. The number of halogens is 1. The Kier molecular flexibility index (Phi) is 6.04. The molecule has 0 radical (unpaired) electrons. The summed E-state index contributed by atoms with van der Waals surface area (Å²) in [5.41, 5.74) is -0.879. The predicted molar refractivity (Wildman–Crippen MR) is 98.7 cm³/mol. The van der Waals surface area contributed by atoms with Crippen molar-refractivity contribution in [3.63, 3.8) is 0 Å². The molecule has 1 saturated heterocycles. The van der Waals surface area contributed by atoms with Gasteiger partial charge in [-0.2, -0.15) is 0 Å². The average molecular weight is 394 g/mol. The van der Waals surface area contributed by atoms with Crippen molar-refractivity contribution in [2.45, 2.75) is 43.0 Å². The van der Waals surface area contributed by atoms with Gasteiger partial charge >= 0.3 is 12.0 Å². The number of hydrogen-bond acceptors (Lipinski definition) is 5. The quantitative estimate of drug-likeness (QED) is 0.347. The molecule has 1 aliphatic carbocycles. The molecule has 27 heavy (non-hydrogen) atoms. The molecule has 3 amide bonds. The summed E-state index contributed by atoms with van der Waals surface area (Å²) in [7, 11) is 0. The summed E-state index contributed by atoms with van der Waals surface area (Å²) in [4.78, 5) is 38.5. The normalized spacial score (nSPS) is 25.0. The molecule has 2 fully saturated rings. The fraction of sp³-hybridized carbons (Fsp3) is 0.526. The number of nitrogens with zero attached hydrogens (tertiary/aromatic N) is 1. The summed E-state index contributed by atoms with van der Waals surface area (Å²) in [6, 6.07) is 5.83. The highest BCUT2D eigenvalue weighted by molar-refractivity contribution is 7.99. The number of carbonyl (C=O) groups is 3. The first-order valence-corrected chi connectivity index (χ1v) is 10.1. The minimum absolute atomic E-state index is 0.0425. The topological polar surface area (TPSA) is 75.7 Å². The first-order valence-electron chi connectivity index (χ1n) is 9.11. The zero-order valence-electron chi connectivity index (χ0n) is 15.2. The van der Waals surface area contributed by atoms with Gasteiger partial charge in [0.05, 0.1) is 0 Å². The number of imide groups is 1. The molecule has 6 nitrogen and oxygen atoms in total. The number of ether oxygens (including phenoxy) is 1. The van der Waals surface area contributed by atoms with E-state index in [-0.39, 0.29) is 24.2 Å². The van der Waals surface area contributed by atoms with E-state index in [0.717, 1.165) is 24.2 Å². The third-order valence-electron chi connectivity index (χ3n) is 5.23. The number of nitrogens with one attached hydrogen (secondary N) is 1. The Bertz CT molecular complexity index is 744. The minimum atomic E-state index is -0.879. The first-order chi connectivity index (χ1) is 12.9. The zero-order valence-corrected chi connectivity index (χ0v) is 16.0. The van der Waals surface area contributed by atoms with E-state index in [2.05, 4.69) is 5.32 Å². The van der Waals surface area contributed by atoms with Gasteiger partial charge in [-0.25, -0.2) is 9.18 Å². The van der Waals surface area contributed by atoms with E-state index in [4.69, 9.17) is 4.74 Å². The summed E-state index contributed by atoms with van der Waals surface area (Å²) in [6.45, 7) is 1.63. The van der Waals surface area contributed by atoms with Crippen molar-refractivity contribution < 1.29 is 23.5 Å². The highest BCUT2D eigenvalue weighted by Gasteiger charge is 2.55. The van der Waals surface area contributed by atoms with Gasteiger partial charge in [0.1, 0.15) is 24.5 Å². The predicted octanol–water partition coefficient (Wildman–Crippen LogP) is 2.96. The lowest BCUT2D eigenvalue weighted by Gasteiger charge is -2.36. The molecule has 1 N–H and O–H groups in total. The number of esters is 1. The Hall–Kier alpha value is -2.09. The largest absolute Gasteiger partial charge is 0.463 e. The van der Waals surface area contributed by atoms with Gasteiger partial charge in [0, 0.05) is 10.6 Å². The number of amides is 3. The molecule has 1 aromatic carbocycles.